The molecule has 2 heterocycles. The maximum atomic E-state index is 12.4. The summed E-state index contributed by atoms with van der Waals surface area (Å²) in [6.07, 6.45) is 1.53. The molecule has 0 fully saturated rings. The molecule has 0 aliphatic rings. The summed E-state index contributed by atoms with van der Waals surface area (Å²) in [5.41, 5.74) is 4.36. The van der Waals surface area contributed by atoms with Crippen molar-refractivity contribution in [3.63, 3.8) is 0 Å². The smallest absolute Gasteiger partial charge is 0.310 e. The maximum Gasteiger partial charge on any atom is 0.310 e. The number of para-hydroxylation sites is 1. The highest BCUT2D eigenvalue weighted by Crippen LogP contribution is 2.15. The molecule has 8 nitrogen and oxygen atoms in total. The minimum absolute atomic E-state index is 0.0953. The molecule has 0 spiro atoms. The number of hydrogen-bond donors (Lipinski definition) is 1. The van der Waals surface area contributed by atoms with Gasteiger partial charge in [-0.2, -0.15) is 10.1 Å². The fourth-order valence-corrected chi connectivity index (χ4v) is 3.25. The van der Waals surface area contributed by atoms with Crippen molar-refractivity contribution in [3.8, 4) is 0 Å². The van der Waals surface area contributed by atoms with Gasteiger partial charge in [0.05, 0.1) is 6.42 Å². The first-order chi connectivity index (χ1) is 15.0. The topological polar surface area (TPSA) is 98.5 Å². The Balaban J connectivity index is 1.35. The molecule has 0 atom stereocenters. The predicted molar refractivity (Wildman–Crippen MR) is 115 cm³/mol. The van der Waals surface area contributed by atoms with Crippen LogP contribution >= 0.6 is 0 Å². The fourth-order valence-electron chi connectivity index (χ4n) is 3.25. The van der Waals surface area contributed by atoms with E-state index in [0.717, 1.165) is 28.2 Å². The molecule has 31 heavy (non-hydrogen) atoms. The van der Waals surface area contributed by atoms with Gasteiger partial charge in [0, 0.05) is 28.2 Å². The minimum Gasteiger partial charge on any atom is -0.461 e. The second-order valence-electron chi connectivity index (χ2n) is 7.09. The van der Waals surface area contributed by atoms with Crippen molar-refractivity contribution in [3.05, 3.63) is 89.0 Å². The maximum absolute atomic E-state index is 12.4. The summed E-state index contributed by atoms with van der Waals surface area (Å²) in [6.45, 7) is 3.83. The quantitative estimate of drug-likeness (QED) is 0.485. The zero-order chi connectivity index (χ0) is 21.8. The third-order valence-electron chi connectivity index (χ3n) is 4.96. The van der Waals surface area contributed by atoms with Gasteiger partial charge in [-0.25, -0.2) is 9.50 Å². The van der Waals surface area contributed by atoms with E-state index in [2.05, 4.69) is 20.4 Å². The number of hydrogen-bond acceptors (Lipinski definition) is 6. The normalized spacial score (nSPS) is 10.8. The van der Waals surface area contributed by atoms with Crippen molar-refractivity contribution < 1.29 is 14.3 Å². The Bertz CT molecular complexity index is 1230. The summed E-state index contributed by atoms with van der Waals surface area (Å²) < 4.78 is 7.02. The van der Waals surface area contributed by atoms with Crippen LogP contribution in [0.5, 0.6) is 0 Å². The van der Waals surface area contributed by atoms with E-state index in [9.17, 15) is 9.59 Å². The number of aromatic nitrogens is 4. The van der Waals surface area contributed by atoms with Gasteiger partial charge in [-0.1, -0.05) is 30.3 Å². The highest BCUT2D eigenvalue weighted by atomic mass is 16.5. The lowest BCUT2D eigenvalue weighted by atomic mass is 10.1. The minimum atomic E-state index is -0.363. The van der Waals surface area contributed by atoms with E-state index >= 15 is 0 Å². The first-order valence-corrected chi connectivity index (χ1v) is 9.78. The van der Waals surface area contributed by atoms with E-state index in [-0.39, 0.29) is 24.9 Å². The standard InChI is InChI=1S/C23H21N5O3/c1-15-20(16(2)28-23(26-15)24-14-25-28)12-21(29)31-13-17-8-10-18(11-9-17)22(30)27-19-6-4-3-5-7-19/h3-11,14H,12-13H2,1-2H3,(H,27,30). The molecule has 0 radical (unpaired) electrons. The molecule has 0 saturated carbocycles. The molecule has 0 aliphatic carbocycles. The first kappa shape index (κ1) is 20.2. The SMILES string of the molecule is Cc1nc2ncnn2c(C)c1CC(=O)OCc1ccc(C(=O)Nc2ccccc2)cc1. The van der Waals surface area contributed by atoms with Crippen LogP contribution in [-0.4, -0.2) is 31.5 Å². The second kappa shape index (κ2) is 8.74. The third kappa shape index (κ3) is 4.58. The van der Waals surface area contributed by atoms with E-state index in [1.165, 1.54) is 6.33 Å². The van der Waals surface area contributed by atoms with Crippen LogP contribution in [-0.2, 0) is 22.6 Å². The van der Waals surface area contributed by atoms with Gasteiger partial charge in [0.1, 0.15) is 12.9 Å². The van der Waals surface area contributed by atoms with Gasteiger partial charge in [0.15, 0.2) is 0 Å². The molecular formula is C23H21N5O3. The second-order valence-corrected chi connectivity index (χ2v) is 7.09. The summed E-state index contributed by atoms with van der Waals surface area (Å²) in [5.74, 6) is -0.0569. The van der Waals surface area contributed by atoms with Crippen molar-refractivity contribution in [2.45, 2.75) is 26.9 Å². The number of aryl methyl sites for hydroxylation is 2. The molecule has 0 unspecified atom stereocenters. The Kier molecular flexibility index (Phi) is 5.70. The van der Waals surface area contributed by atoms with Crippen LogP contribution in [0.25, 0.3) is 5.78 Å². The molecule has 1 amide bonds. The van der Waals surface area contributed by atoms with E-state index in [1.54, 1.807) is 28.8 Å². The number of carbonyl (C=O) groups excluding carboxylic acids is 2. The highest BCUT2D eigenvalue weighted by Gasteiger charge is 2.15. The number of fused-ring (bicyclic) bond motifs is 1. The van der Waals surface area contributed by atoms with Crippen LogP contribution < -0.4 is 5.32 Å². The largest absolute Gasteiger partial charge is 0.461 e. The molecular weight excluding hydrogens is 394 g/mol. The number of benzene rings is 2. The number of nitrogens with zero attached hydrogens (tertiary/aromatic N) is 4. The molecule has 0 bridgehead atoms. The van der Waals surface area contributed by atoms with Crippen LogP contribution in [0.1, 0.15) is 32.9 Å². The first-order valence-electron chi connectivity index (χ1n) is 9.78. The Hall–Kier alpha value is -4.07. The Labute approximate surface area is 178 Å². The molecule has 0 aliphatic heterocycles. The van der Waals surface area contributed by atoms with Gasteiger partial charge in [-0.3, -0.25) is 9.59 Å². The zero-order valence-corrected chi connectivity index (χ0v) is 17.2. The van der Waals surface area contributed by atoms with Gasteiger partial charge in [0.25, 0.3) is 11.7 Å². The number of carbonyl (C=O) groups is 2. The summed E-state index contributed by atoms with van der Waals surface area (Å²) in [7, 11) is 0. The van der Waals surface area contributed by atoms with Gasteiger partial charge in [0.2, 0.25) is 0 Å². The number of anilines is 1. The van der Waals surface area contributed by atoms with Crippen LogP contribution in [0.3, 0.4) is 0 Å². The van der Waals surface area contributed by atoms with E-state index in [1.807, 2.05) is 44.2 Å². The lowest BCUT2D eigenvalue weighted by Crippen LogP contribution is -2.14. The third-order valence-corrected chi connectivity index (χ3v) is 4.96. The molecule has 4 aromatic rings. The Morgan fingerprint density at radius 1 is 1.03 bits per heavy atom. The summed E-state index contributed by atoms with van der Waals surface area (Å²) in [4.78, 5) is 33.1. The zero-order valence-electron chi connectivity index (χ0n) is 17.2. The van der Waals surface area contributed by atoms with Crippen LogP contribution in [0.15, 0.2) is 60.9 Å². The molecule has 0 saturated heterocycles. The fraction of sp³-hybridized carbons (Fsp3) is 0.174. The molecule has 2 aromatic heterocycles. The molecule has 4 rings (SSSR count). The van der Waals surface area contributed by atoms with Crippen molar-refractivity contribution in [2.24, 2.45) is 0 Å². The van der Waals surface area contributed by atoms with Crippen LogP contribution in [0.4, 0.5) is 5.69 Å². The average molecular weight is 415 g/mol. The summed E-state index contributed by atoms with van der Waals surface area (Å²) in [5, 5.41) is 6.96. The van der Waals surface area contributed by atoms with Gasteiger partial charge in [-0.15, -0.1) is 0 Å². The Morgan fingerprint density at radius 3 is 2.52 bits per heavy atom. The highest BCUT2D eigenvalue weighted by molar-refractivity contribution is 6.04. The van der Waals surface area contributed by atoms with Crippen molar-refractivity contribution >= 4 is 23.3 Å². The average Bonchev–Trinajstić information content (AvgIpc) is 3.25. The van der Waals surface area contributed by atoms with Gasteiger partial charge >= 0.3 is 5.97 Å². The summed E-state index contributed by atoms with van der Waals surface area (Å²) in [6, 6.07) is 16.2. The number of ether oxygens (including phenoxy) is 1. The van der Waals surface area contributed by atoms with Gasteiger partial charge in [-0.05, 0) is 43.7 Å². The monoisotopic (exact) mass is 415 g/mol. The van der Waals surface area contributed by atoms with E-state index in [0.29, 0.717) is 11.3 Å². The van der Waals surface area contributed by atoms with Crippen LogP contribution in [0, 0.1) is 13.8 Å². The van der Waals surface area contributed by atoms with Crippen LogP contribution in [0.2, 0.25) is 0 Å². The lowest BCUT2D eigenvalue weighted by Gasteiger charge is -2.11. The molecule has 1 N–H and O–H groups in total. The molecule has 8 heteroatoms. The van der Waals surface area contributed by atoms with E-state index < -0.39 is 0 Å². The lowest BCUT2D eigenvalue weighted by molar-refractivity contribution is -0.144. The molecule has 156 valence electrons. The number of amides is 1. The number of rotatable bonds is 6. The Morgan fingerprint density at radius 2 is 1.77 bits per heavy atom. The van der Waals surface area contributed by atoms with Crippen molar-refractivity contribution in [2.75, 3.05) is 5.32 Å². The van der Waals surface area contributed by atoms with Crippen molar-refractivity contribution in [1.82, 2.24) is 19.6 Å². The molecule has 2 aromatic carbocycles. The predicted octanol–water partition coefficient (Wildman–Crippen LogP) is 3.28. The summed E-state index contributed by atoms with van der Waals surface area (Å²) >= 11 is 0. The number of esters is 1. The van der Waals surface area contributed by atoms with E-state index in [4.69, 9.17) is 4.74 Å². The number of nitrogens with one attached hydrogen (secondary N) is 1. The van der Waals surface area contributed by atoms with Crippen molar-refractivity contribution in [1.29, 1.82) is 0 Å². The van der Waals surface area contributed by atoms with Gasteiger partial charge < -0.3 is 10.1 Å².